The van der Waals surface area contributed by atoms with Gasteiger partial charge in [-0.1, -0.05) is 13.8 Å². The maximum atomic E-state index is 12.8. The van der Waals surface area contributed by atoms with Crippen LogP contribution in [0.1, 0.15) is 65.7 Å². The number of hydrogen-bond acceptors (Lipinski definition) is 5. The van der Waals surface area contributed by atoms with Gasteiger partial charge in [-0.25, -0.2) is 0 Å². The number of Topliss-reactive ketones (excluding diaryl/α,β-unsaturated/α-hetero) is 1. The van der Waals surface area contributed by atoms with Gasteiger partial charge in [-0.15, -0.1) is 0 Å². The molecule has 5 nitrogen and oxygen atoms in total. The van der Waals surface area contributed by atoms with Gasteiger partial charge in [0.1, 0.15) is 6.61 Å². The van der Waals surface area contributed by atoms with E-state index in [-0.39, 0.29) is 34.9 Å². The molecule has 0 aromatic carbocycles. The number of carbonyl (C=O) groups is 3. The smallest absolute Gasteiger partial charge is 0.303 e. The van der Waals surface area contributed by atoms with Crippen molar-refractivity contribution in [3.8, 4) is 0 Å². The minimum absolute atomic E-state index is 0.0464. The Morgan fingerprint density at radius 2 is 1.93 bits per heavy atom. The number of esters is 1. The van der Waals surface area contributed by atoms with Crippen molar-refractivity contribution in [1.29, 1.82) is 0 Å². The quantitative estimate of drug-likeness (QED) is 0.751. The third kappa shape index (κ3) is 2.89. The largest absolute Gasteiger partial charge is 0.458 e. The Bertz CT molecular complexity index is 739. The third-order valence-electron chi connectivity index (χ3n) is 8.78. The van der Waals surface area contributed by atoms with Gasteiger partial charge in [0.2, 0.25) is 0 Å². The molecule has 0 amide bonds. The van der Waals surface area contributed by atoms with E-state index < -0.39 is 12.1 Å². The van der Waals surface area contributed by atoms with Crippen molar-refractivity contribution in [2.24, 2.45) is 34.5 Å². The zero-order valence-corrected chi connectivity index (χ0v) is 17.2. The average molecular weight is 389 g/mol. The van der Waals surface area contributed by atoms with Gasteiger partial charge in [0.05, 0.1) is 6.10 Å². The van der Waals surface area contributed by atoms with Crippen LogP contribution in [0.5, 0.6) is 0 Å². The summed E-state index contributed by atoms with van der Waals surface area (Å²) in [5.74, 6) is 0.973. The van der Waals surface area contributed by atoms with Gasteiger partial charge in [-0.05, 0) is 78.8 Å². The van der Waals surface area contributed by atoms with Gasteiger partial charge in [-0.3, -0.25) is 14.4 Å². The Morgan fingerprint density at radius 3 is 2.64 bits per heavy atom. The standard InChI is InChI=1S/C23H32O5/c1-13(24)28-12-21(27)18-5-4-16-15-11-20(26)19-10-14(25)6-8-23(19,3)17(15)7-9-22(16,18)2/h10,15-18,20,26H,4-9,11-12H2,1-3H3/t15-,16-,17-,18+,20+,22-,23+/m0/s1. The molecule has 0 bridgehead atoms. The highest BCUT2D eigenvalue weighted by Crippen LogP contribution is 2.66. The van der Waals surface area contributed by atoms with Gasteiger partial charge < -0.3 is 9.84 Å². The first kappa shape index (κ1) is 19.8. The summed E-state index contributed by atoms with van der Waals surface area (Å²) in [6.45, 7) is 5.70. The number of aliphatic hydroxyl groups excluding tert-OH is 1. The van der Waals surface area contributed by atoms with Crippen LogP contribution in [0, 0.1) is 34.5 Å². The predicted octanol–water partition coefficient (Wildman–Crippen LogP) is 3.24. The molecule has 3 saturated carbocycles. The fourth-order valence-corrected chi connectivity index (χ4v) is 7.41. The topological polar surface area (TPSA) is 80.7 Å². The molecule has 4 aliphatic rings. The van der Waals surface area contributed by atoms with E-state index in [1.165, 1.54) is 6.92 Å². The zero-order chi connectivity index (χ0) is 20.3. The number of aliphatic hydroxyl groups is 1. The highest BCUT2D eigenvalue weighted by Gasteiger charge is 2.61. The third-order valence-corrected chi connectivity index (χ3v) is 8.78. The first-order valence-electron chi connectivity index (χ1n) is 10.8. The van der Waals surface area contributed by atoms with Crippen molar-refractivity contribution >= 4 is 17.5 Å². The number of fused-ring (bicyclic) bond motifs is 5. The summed E-state index contributed by atoms with van der Waals surface area (Å²) in [6, 6.07) is 0. The zero-order valence-electron chi connectivity index (χ0n) is 17.2. The molecule has 0 heterocycles. The molecule has 7 atom stereocenters. The molecule has 0 aromatic heterocycles. The Morgan fingerprint density at radius 1 is 1.18 bits per heavy atom. The van der Waals surface area contributed by atoms with Gasteiger partial charge in [-0.2, -0.15) is 0 Å². The maximum absolute atomic E-state index is 12.8. The molecule has 0 spiro atoms. The van der Waals surface area contributed by atoms with Crippen LogP contribution in [-0.2, 0) is 19.1 Å². The molecule has 154 valence electrons. The SMILES string of the molecule is CC(=O)OCC(=O)[C@H]1CC[C@H]2[C@@H]3C[C@@H](O)C4=CC(=O)CC[C@]4(C)[C@H]3CC[C@]12C. The molecule has 28 heavy (non-hydrogen) atoms. The van der Waals surface area contributed by atoms with E-state index in [1.54, 1.807) is 6.08 Å². The lowest BCUT2D eigenvalue weighted by atomic mass is 9.46. The molecule has 0 unspecified atom stereocenters. The predicted molar refractivity (Wildman–Crippen MR) is 103 cm³/mol. The summed E-state index contributed by atoms with van der Waals surface area (Å²) in [4.78, 5) is 35.9. The summed E-state index contributed by atoms with van der Waals surface area (Å²) in [6.07, 6.45) is 7.13. The van der Waals surface area contributed by atoms with E-state index in [9.17, 15) is 19.5 Å². The lowest BCUT2D eigenvalue weighted by Crippen LogP contribution is -2.54. The van der Waals surface area contributed by atoms with Gasteiger partial charge in [0.15, 0.2) is 11.6 Å². The van der Waals surface area contributed by atoms with Crippen LogP contribution in [0.2, 0.25) is 0 Å². The Hall–Kier alpha value is -1.49. The second-order valence-corrected chi connectivity index (χ2v) is 10.0. The van der Waals surface area contributed by atoms with Crippen LogP contribution in [0.25, 0.3) is 0 Å². The number of carbonyl (C=O) groups excluding carboxylic acids is 3. The molecular formula is C23H32O5. The van der Waals surface area contributed by atoms with Crippen LogP contribution in [0.15, 0.2) is 11.6 Å². The van der Waals surface area contributed by atoms with Crippen LogP contribution in [-0.4, -0.2) is 35.4 Å². The monoisotopic (exact) mass is 388 g/mol. The van der Waals surface area contributed by atoms with Crippen molar-refractivity contribution < 1.29 is 24.2 Å². The Balaban J connectivity index is 1.59. The van der Waals surface area contributed by atoms with E-state index in [0.29, 0.717) is 30.6 Å². The molecule has 4 aliphatic carbocycles. The van der Waals surface area contributed by atoms with E-state index in [1.807, 2.05) is 0 Å². The molecule has 1 N–H and O–H groups in total. The van der Waals surface area contributed by atoms with Crippen molar-refractivity contribution in [2.45, 2.75) is 71.8 Å². The van der Waals surface area contributed by atoms with Crippen LogP contribution in [0.4, 0.5) is 0 Å². The maximum Gasteiger partial charge on any atom is 0.303 e. The molecular weight excluding hydrogens is 356 g/mol. The van der Waals surface area contributed by atoms with Gasteiger partial charge in [0, 0.05) is 19.3 Å². The number of ketones is 2. The normalized spacial score (nSPS) is 44.8. The van der Waals surface area contributed by atoms with Crippen LogP contribution < -0.4 is 0 Å². The highest BCUT2D eigenvalue weighted by molar-refractivity contribution is 5.92. The Kier molecular flexibility index (Phi) is 4.80. The molecule has 0 aliphatic heterocycles. The minimum atomic E-state index is -0.548. The van der Waals surface area contributed by atoms with E-state index in [0.717, 1.165) is 37.7 Å². The van der Waals surface area contributed by atoms with Crippen molar-refractivity contribution in [2.75, 3.05) is 6.61 Å². The van der Waals surface area contributed by atoms with Crippen LogP contribution >= 0.6 is 0 Å². The van der Waals surface area contributed by atoms with Gasteiger partial charge >= 0.3 is 5.97 Å². The summed E-state index contributed by atoms with van der Waals surface area (Å²) >= 11 is 0. The van der Waals surface area contributed by atoms with Crippen molar-refractivity contribution in [3.05, 3.63) is 11.6 Å². The highest BCUT2D eigenvalue weighted by atomic mass is 16.5. The summed E-state index contributed by atoms with van der Waals surface area (Å²) in [5, 5.41) is 10.9. The average Bonchev–Trinajstić information content (AvgIpc) is 2.99. The van der Waals surface area contributed by atoms with Crippen molar-refractivity contribution in [1.82, 2.24) is 0 Å². The van der Waals surface area contributed by atoms with Gasteiger partial charge in [0.25, 0.3) is 0 Å². The second kappa shape index (κ2) is 6.79. The molecule has 5 heteroatoms. The fraction of sp³-hybridized carbons (Fsp3) is 0.783. The van der Waals surface area contributed by atoms with E-state index in [4.69, 9.17) is 4.74 Å². The number of ether oxygens (including phenoxy) is 1. The summed E-state index contributed by atoms with van der Waals surface area (Å²) in [5.41, 5.74) is 0.770. The molecule has 0 aromatic rings. The first-order valence-corrected chi connectivity index (χ1v) is 10.8. The summed E-state index contributed by atoms with van der Waals surface area (Å²) in [7, 11) is 0. The lowest BCUT2D eigenvalue weighted by molar-refractivity contribution is -0.149. The number of rotatable bonds is 3. The molecule has 3 fully saturated rings. The lowest BCUT2D eigenvalue weighted by Gasteiger charge is -2.59. The van der Waals surface area contributed by atoms with Crippen LogP contribution in [0.3, 0.4) is 0 Å². The first-order chi connectivity index (χ1) is 13.2. The molecule has 4 rings (SSSR count). The minimum Gasteiger partial charge on any atom is -0.458 e. The summed E-state index contributed by atoms with van der Waals surface area (Å²) < 4.78 is 4.99. The van der Waals surface area contributed by atoms with Crippen molar-refractivity contribution in [3.63, 3.8) is 0 Å². The second-order valence-electron chi connectivity index (χ2n) is 10.0. The van der Waals surface area contributed by atoms with E-state index >= 15 is 0 Å². The van der Waals surface area contributed by atoms with E-state index in [2.05, 4.69) is 13.8 Å². The molecule has 0 radical (unpaired) electrons. The number of hydrogen-bond donors (Lipinski definition) is 1. The Labute approximate surface area is 166 Å². The molecule has 0 saturated heterocycles. The fourth-order valence-electron chi connectivity index (χ4n) is 7.41.